The predicted octanol–water partition coefficient (Wildman–Crippen LogP) is 3.96. The number of fused-ring (bicyclic) bond motifs is 2. The number of carboxylic acids is 1. The third kappa shape index (κ3) is 4.10. The number of benzene rings is 2. The summed E-state index contributed by atoms with van der Waals surface area (Å²) in [6.45, 7) is 1.86. The highest BCUT2D eigenvalue weighted by molar-refractivity contribution is 6.30. The van der Waals surface area contributed by atoms with E-state index in [4.69, 9.17) is 26.2 Å². The van der Waals surface area contributed by atoms with E-state index in [0.29, 0.717) is 34.0 Å². The second-order valence-electron chi connectivity index (χ2n) is 8.05. The molecule has 0 saturated heterocycles. The molecule has 0 radical (unpaired) electrons. The van der Waals surface area contributed by atoms with Crippen molar-refractivity contribution in [1.82, 2.24) is 14.9 Å². The molecule has 3 N–H and O–H groups in total. The lowest BCUT2D eigenvalue weighted by Gasteiger charge is -2.13. The zero-order valence-electron chi connectivity index (χ0n) is 18.5. The minimum absolute atomic E-state index is 0.172. The summed E-state index contributed by atoms with van der Waals surface area (Å²) in [5.74, 6) is -0.959. The summed E-state index contributed by atoms with van der Waals surface area (Å²) in [5.41, 5.74) is 3.70. The van der Waals surface area contributed by atoms with Gasteiger partial charge in [-0.05, 0) is 47.9 Å². The summed E-state index contributed by atoms with van der Waals surface area (Å²) >= 11 is 6.11. The lowest BCUT2D eigenvalue weighted by molar-refractivity contribution is -0.135. The molecule has 5 rings (SSSR count). The third-order valence-electron chi connectivity index (χ3n) is 5.83. The highest BCUT2D eigenvalue weighted by atomic mass is 35.5. The largest absolute Gasteiger partial charge is 0.505 e. The van der Waals surface area contributed by atoms with Crippen LogP contribution in [0.3, 0.4) is 0 Å². The average Bonchev–Trinajstić information content (AvgIpc) is 3.41. The van der Waals surface area contributed by atoms with Crippen molar-refractivity contribution in [2.75, 3.05) is 13.3 Å². The number of pyridine rings is 1. The van der Waals surface area contributed by atoms with Crippen LogP contribution in [0.5, 0.6) is 17.2 Å². The van der Waals surface area contributed by atoms with Gasteiger partial charge in [0.25, 0.3) is 5.91 Å². The van der Waals surface area contributed by atoms with Crippen molar-refractivity contribution in [3.63, 3.8) is 0 Å². The first-order chi connectivity index (χ1) is 16.8. The van der Waals surface area contributed by atoms with Crippen LogP contribution in [-0.4, -0.2) is 45.0 Å². The number of carbonyl (C=O) groups excluding carboxylic acids is 1. The zero-order chi connectivity index (χ0) is 24.7. The molecule has 35 heavy (non-hydrogen) atoms. The number of nitrogens with zero attached hydrogens (tertiary/aromatic N) is 2. The molecule has 9 nitrogen and oxygen atoms in total. The molecule has 0 aliphatic carbocycles. The number of aromatic hydroxyl groups is 1. The van der Waals surface area contributed by atoms with Gasteiger partial charge in [-0.2, -0.15) is 0 Å². The summed E-state index contributed by atoms with van der Waals surface area (Å²) in [5, 5.41) is 23.2. The van der Waals surface area contributed by atoms with Crippen molar-refractivity contribution in [3.8, 4) is 28.5 Å². The molecule has 4 aromatic rings. The van der Waals surface area contributed by atoms with Gasteiger partial charge in [-0.1, -0.05) is 29.8 Å². The van der Waals surface area contributed by atoms with E-state index < -0.39 is 18.4 Å². The number of aromatic nitrogens is 2. The molecule has 0 unspecified atom stereocenters. The van der Waals surface area contributed by atoms with E-state index in [9.17, 15) is 14.7 Å². The Hall–Kier alpha value is -4.24. The van der Waals surface area contributed by atoms with E-state index in [1.807, 2.05) is 41.8 Å². The van der Waals surface area contributed by atoms with Gasteiger partial charge in [-0.15, -0.1) is 0 Å². The number of amides is 1. The summed E-state index contributed by atoms with van der Waals surface area (Å²) in [6.07, 6.45) is 1.50. The number of ether oxygens (including phenoxy) is 2. The van der Waals surface area contributed by atoms with Crippen LogP contribution in [0.25, 0.3) is 22.2 Å². The number of nitrogens with one attached hydrogen (secondary N) is 1. The number of aryl methyl sites for hydroxylation is 1. The molecule has 0 saturated carbocycles. The Morgan fingerprint density at radius 3 is 2.63 bits per heavy atom. The molecular weight excluding hydrogens is 474 g/mol. The van der Waals surface area contributed by atoms with Gasteiger partial charge in [0.2, 0.25) is 6.79 Å². The molecule has 1 aliphatic heterocycles. The molecule has 0 spiro atoms. The number of halogens is 1. The normalized spacial score (nSPS) is 12.2. The minimum atomic E-state index is -1.20. The molecule has 0 bridgehead atoms. The van der Waals surface area contributed by atoms with Crippen LogP contribution in [-0.2, 0) is 11.3 Å². The summed E-state index contributed by atoms with van der Waals surface area (Å²) in [7, 11) is 0. The van der Waals surface area contributed by atoms with Crippen LogP contribution in [0.4, 0.5) is 0 Å². The highest BCUT2D eigenvalue weighted by Gasteiger charge is 2.24. The van der Waals surface area contributed by atoms with Crippen molar-refractivity contribution < 1.29 is 29.3 Å². The van der Waals surface area contributed by atoms with E-state index in [0.717, 1.165) is 22.4 Å². The fraction of sp³-hybridized carbons (Fsp3) is 0.160. The van der Waals surface area contributed by atoms with Crippen molar-refractivity contribution >= 4 is 34.4 Å². The van der Waals surface area contributed by atoms with Crippen LogP contribution in [0.1, 0.15) is 21.6 Å². The molecule has 0 atom stereocenters. The van der Waals surface area contributed by atoms with Gasteiger partial charge in [0.05, 0.1) is 17.4 Å². The third-order valence-corrected chi connectivity index (χ3v) is 6.09. The first kappa shape index (κ1) is 22.5. The first-order valence-corrected chi connectivity index (χ1v) is 11.1. The van der Waals surface area contributed by atoms with E-state index in [2.05, 4.69) is 10.3 Å². The molecule has 1 amide bonds. The van der Waals surface area contributed by atoms with Gasteiger partial charge in [0, 0.05) is 17.0 Å². The maximum absolute atomic E-state index is 12.5. The number of hydrogen-bond donors (Lipinski definition) is 3. The fourth-order valence-electron chi connectivity index (χ4n) is 4.28. The maximum atomic E-state index is 12.5. The average molecular weight is 494 g/mol. The summed E-state index contributed by atoms with van der Waals surface area (Å²) in [6, 6.07) is 13.0. The Labute approximate surface area is 204 Å². The van der Waals surface area contributed by atoms with Crippen LogP contribution in [0.15, 0.2) is 48.7 Å². The molecule has 2 aromatic heterocycles. The second kappa shape index (κ2) is 8.84. The predicted molar refractivity (Wildman–Crippen MR) is 128 cm³/mol. The van der Waals surface area contributed by atoms with Crippen molar-refractivity contribution in [2.24, 2.45) is 0 Å². The van der Waals surface area contributed by atoms with Crippen LogP contribution < -0.4 is 14.8 Å². The van der Waals surface area contributed by atoms with Crippen LogP contribution in [0, 0.1) is 6.92 Å². The minimum Gasteiger partial charge on any atom is -0.505 e. The van der Waals surface area contributed by atoms with E-state index in [1.165, 1.54) is 6.20 Å². The monoisotopic (exact) mass is 493 g/mol. The van der Waals surface area contributed by atoms with Crippen molar-refractivity contribution in [3.05, 3.63) is 70.5 Å². The van der Waals surface area contributed by atoms with Crippen LogP contribution in [0.2, 0.25) is 5.02 Å². The molecular formula is C25H20ClN3O6. The van der Waals surface area contributed by atoms with Gasteiger partial charge in [-0.25, -0.2) is 4.98 Å². The lowest BCUT2D eigenvalue weighted by Crippen LogP contribution is -2.29. The van der Waals surface area contributed by atoms with Crippen molar-refractivity contribution in [2.45, 2.75) is 13.5 Å². The Morgan fingerprint density at radius 1 is 1.14 bits per heavy atom. The highest BCUT2D eigenvalue weighted by Crippen LogP contribution is 2.40. The fourth-order valence-corrected chi connectivity index (χ4v) is 4.40. The first-order valence-electron chi connectivity index (χ1n) is 10.7. The van der Waals surface area contributed by atoms with E-state index in [-0.39, 0.29) is 18.2 Å². The Balaban J connectivity index is 1.67. The second-order valence-corrected chi connectivity index (χ2v) is 8.48. The van der Waals surface area contributed by atoms with E-state index in [1.54, 1.807) is 12.1 Å². The van der Waals surface area contributed by atoms with Gasteiger partial charge in [0.15, 0.2) is 22.9 Å². The quantitative estimate of drug-likeness (QED) is 0.371. The standard InChI is InChI=1S/C25H20ClN3O6/c1-13-21-17(9-27-22(24(21)32)25(33)28-10-20(30)31)29(23(13)15-3-5-16(26)6-4-15)11-14-2-7-18-19(8-14)35-12-34-18/h2-9,32H,10-12H2,1H3,(H,28,33)(H,30,31). The molecule has 10 heteroatoms. The van der Waals surface area contributed by atoms with Gasteiger partial charge < -0.3 is 29.6 Å². The van der Waals surface area contributed by atoms with Gasteiger partial charge in [0.1, 0.15) is 6.54 Å². The number of aliphatic carboxylic acids is 1. The van der Waals surface area contributed by atoms with Crippen molar-refractivity contribution in [1.29, 1.82) is 0 Å². The Morgan fingerprint density at radius 2 is 1.89 bits per heavy atom. The Kier molecular flexibility index (Phi) is 5.70. The van der Waals surface area contributed by atoms with Gasteiger partial charge >= 0.3 is 5.97 Å². The number of rotatable bonds is 6. The number of hydrogen-bond acceptors (Lipinski definition) is 6. The number of carboxylic acid groups (broad SMARTS) is 1. The molecule has 3 heterocycles. The zero-order valence-corrected chi connectivity index (χ0v) is 19.3. The molecule has 0 fully saturated rings. The smallest absolute Gasteiger partial charge is 0.322 e. The maximum Gasteiger partial charge on any atom is 0.322 e. The van der Waals surface area contributed by atoms with E-state index >= 15 is 0 Å². The SMILES string of the molecule is Cc1c(-c2ccc(Cl)cc2)n(Cc2ccc3c(c2)OCO3)c2cnc(C(=O)NCC(=O)O)c(O)c12. The molecule has 2 aromatic carbocycles. The summed E-state index contributed by atoms with van der Waals surface area (Å²) < 4.78 is 12.9. The van der Waals surface area contributed by atoms with Gasteiger partial charge in [-0.3, -0.25) is 9.59 Å². The molecule has 1 aliphatic rings. The Bertz CT molecular complexity index is 1480. The number of carbonyl (C=O) groups is 2. The summed E-state index contributed by atoms with van der Waals surface area (Å²) in [4.78, 5) is 27.5. The lowest BCUT2D eigenvalue weighted by atomic mass is 10.1. The topological polar surface area (TPSA) is 123 Å². The van der Waals surface area contributed by atoms with Crippen LogP contribution >= 0.6 is 11.6 Å². The molecule has 178 valence electrons.